The van der Waals surface area contributed by atoms with Crippen molar-refractivity contribution in [3.05, 3.63) is 0 Å². The summed E-state index contributed by atoms with van der Waals surface area (Å²) in [6.07, 6.45) is 5.27. The topological polar surface area (TPSA) is 17.1 Å². The molecule has 0 aromatic rings. The van der Waals surface area contributed by atoms with Crippen LogP contribution >= 0.6 is 11.6 Å². The highest BCUT2D eigenvalue weighted by Gasteiger charge is 2.36. The highest BCUT2D eigenvalue weighted by molar-refractivity contribution is 6.17. The quantitative estimate of drug-likeness (QED) is 0.475. The lowest BCUT2D eigenvalue weighted by Gasteiger charge is -2.20. The van der Waals surface area contributed by atoms with E-state index >= 15 is 0 Å². The van der Waals surface area contributed by atoms with Crippen LogP contribution in [0.2, 0.25) is 0 Å². The summed E-state index contributed by atoms with van der Waals surface area (Å²) in [5, 5.41) is 0. The Morgan fingerprint density at radius 2 is 2.45 bits per heavy atom. The highest BCUT2D eigenvalue weighted by atomic mass is 35.5. The fourth-order valence-corrected chi connectivity index (χ4v) is 2.39. The van der Waals surface area contributed by atoms with Crippen LogP contribution in [-0.2, 0) is 4.79 Å². The summed E-state index contributed by atoms with van der Waals surface area (Å²) in [5.74, 6) is 1.33. The Bertz CT molecular complexity index is 142. The number of hydrogen-bond donors (Lipinski definition) is 0. The summed E-state index contributed by atoms with van der Waals surface area (Å²) in [7, 11) is 0. The SMILES string of the molecule is CC1CCC(C=O)(CCCl)C1. The number of carbonyl (C=O) groups excluding carboxylic acids is 1. The van der Waals surface area contributed by atoms with E-state index in [1.807, 2.05) is 0 Å². The van der Waals surface area contributed by atoms with E-state index < -0.39 is 0 Å². The van der Waals surface area contributed by atoms with Crippen LogP contribution in [0.4, 0.5) is 0 Å². The molecule has 11 heavy (non-hydrogen) atoms. The van der Waals surface area contributed by atoms with Crippen LogP contribution < -0.4 is 0 Å². The minimum atomic E-state index is -0.0544. The van der Waals surface area contributed by atoms with Gasteiger partial charge in [0, 0.05) is 11.3 Å². The second kappa shape index (κ2) is 3.57. The second-order valence-corrected chi connectivity index (χ2v) is 4.15. The van der Waals surface area contributed by atoms with Crippen LogP contribution in [0.5, 0.6) is 0 Å². The molecule has 0 aliphatic heterocycles. The fourth-order valence-electron chi connectivity index (χ4n) is 2.01. The molecule has 1 aliphatic rings. The molecule has 2 unspecified atom stereocenters. The van der Waals surface area contributed by atoms with E-state index in [1.54, 1.807) is 0 Å². The second-order valence-electron chi connectivity index (χ2n) is 3.77. The van der Waals surface area contributed by atoms with E-state index in [0.717, 1.165) is 25.5 Å². The van der Waals surface area contributed by atoms with Gasteiger partial charge in [-0.25, -0.2) is 0 Å². The molecule has 0 heterocycles. The van der Waals surface area contributed by atoms with Crippen LogP contribution in [0.1, 0.15) is 32.6 Å². The fraction of sp³-hybridized carbons (Fsp3) is 0.889. The first-order chi connectivity index (χ1) is 5.22. The molecular formula is C9H15ClO. The highest BCUT2D eigenvalue weighted by Crippen LogP contribution is 2.42. The zero-order valence-electron chi connectivity index (χ0n) is 6.98. The smallest absolute Gasteiger partial charge is 0.126 e. The molecule has 1 fully saturated rings. The Morgan fingerprint density at radius 3 is 2.82 bits per heavy atom. The van der Waals surface area contributed by atoms with E-state index in [9.17, 15) is 4.79 Å². The Balaban J connectivity index is 2.54. The number of carbonyl (C=O) groups is 1. The minimum absolute atomic E-state index is 0.0544. The normalized spacial score (nSPS) is 37.5. The summed E-state index contributed by atoms with van der Waals surface area (Å²) >= 11 is 5.64. The van der Waals surface area contributed by atoms with Gasteiger partial charge in [0.05, 0.1) is 0 Å². The summed E-state index contributed by atoms with van der Waals surface area (Å²) in [6, 6.07) is 0. The molecule has 1 rings (SSSR count). The van der Waals surface area contributed by atoms with Gasteiger partial charge in [0.15, 0.2) is 0 Å². The minimum Gasteiger partial charge on any atom is -0.303 e. The first-order valence-corrected chi connectivity index (χ1v) is 4.78. The van der Waals surface area contributed by atoms with E-state index in [4.69, 9.17) is 11.6 Å². The molecule has 64 valence electrons. The molecule has 0 spiro atoms. The molecule has 0 aromatic carbocycles. The van der Waals surface area contributed by atoms with Crippen molar-refractivity contribution in [2.24, 2.45) is 11.3 Å². The van der Waals surface area contributed by atoms with Crippen molar-refractivity contribution < 1.29 is 4.79 Å². The van der Waals surface area contributed by atoms with Crippen LogP contribution in [0.15, 0.2) is 0 Å². The molecule has 0 amide bonds. The maximum Gasteiger partial charge on any atom is 0.126 e. The first-order valence-electron chi connectivity index (χ1n) is 4.25. The van der Waals surface area contributed by atoms with E-state index in [-0.39, 0.29) is 5.41 Å². The van der Waals surface area contributed by atoms with Gasteiger partial charge in [-0.2, -0.15) is 0 Å². The van der Waals surface area contributed by atoms with Gasteiger partial charge >= 0.3 is 0 Å². The number of alkyl halides is 1. The zero-order valence-corrected chi connectivity index (χ0v) is 7.73. The Morgan fingerprint density at radius 1 is 1.73 bits per heavy atom. The van der Waals surface area contributed by atoms with Gasteiger partial charge in [-0.1, -0.05) is 6.92 Å². The molecule has 0 bridgehead atoms. The van der Waals surface area contributed by atoms with Gasteiger partial charge in [-0.3, -0.25) is 0 Å². The van der Waals surface area contributed by atoms with Crippen LogP contribution in [0, 0.1) is 11.3 Å². The predicted molar refractivity (Wildman–Crippen MR) is 46.8 cm³/mol. The van der Waals surface area contributed by atoms with Gasteiger partial charge in [0.2, 0.25) is 0 Å². The molecule has 0 radical (unpaired) electrons. The number of hydrogen-bond acceptors (Lipinski definition) is 1. The summed E-state index contributed by atoms with van der Waals surface area (Å²) < 4.78 is 0. The largest absolute Gasteiger partial charge is 0.303 e. The van der Waals surface area contributed by atoms with Crippen molar-refractivity contribution >= 4 is 17.9 Å². The van der Waals surface area contributed by atoms with Crippen molar-refractivity contribution in [3.63, 3.8) is 0 Å². The predicted octanol–water partition coefficient (Wildman–Crippen LogP) is 2.62. The van der Waals surface area contributed by atoms with Gasteiger partial charge < -0.3 is 4.79 Å². The molecule has 0 saturated heterocycles. The van der Waals surface area contributed by atoms with Crippen LogP contribution in [0.25, 0.3) is 0 Å². The Hall–Kier alpha value is -0.0400. The summed E-state index contributed by atoms with van der Waals surface area (Å²) in [4.78, 5) is 10.8. The van der Waals surface area contributed by atoms with Crippen LogP contribution in [0.3, 0.4) is 0 Å². The summed E-state index contributed by atoms with van der Waals surface area (Å²) in [5.41, 5.74) is -0.0544. The maximum atomic E-state index is 10.8. The third-order valence-corrected chi connectivity index (χ3v) is 2.92. The zero-order chi connectivity index (χ0) is 8.32. The van der Waals surface area contributed by atoms with Gasteiger partial charge in [0.1, 0.15) is 6.29 Å². The molecule has 0 N–H and O–H groups in total. The number of rotatable bonds is 3. The molecular weight excluding hydrogens is 160 g/mol. The van der Waals surface area contributed by atoms with Gasteiger partial charge in [-0.05, 0) is 31.6 Å². The van der Waals surface area contributed by atoms with Crippen molar-refractivity contribution in [1.29, 1.82) is 0 Å². The third kappa shape index (κ3) is 1.96. The van der Waals surface area contributed by atoms with E-state index in [1.165, 1.54) is 6.42 Å². The summed E-state index contributed by atoms with van der Waals surface area (Å²) in [6.45, 7) is 2.21. The number of aldehydes is 1. The molecule has 1 saturated carbocycles. The first kappa shape index (κ1) is 9.05. The lowest BCUT2D eigenvalue weighted by atomic mass is 9.84. The molecule has 0 aromatic heterocycles. The van der Waals surface area contributed by atoms with Crippen LogP contribution in [-0.4, -0.2) is 12.2 Å². The average Bonchev–Trinajstić information content (AvgIpc) is 2.34. The van der Waals surface area contributed by atoms with Gasteiger partial charge in [-0.15, -0.1) is 11.6 Å². The average molecular weight is 175 g/mol. The van der Waals surface area contributed by atoms with E-state index in [0.29, 0.717) is 11.8 Å². The monoisotopic (exact) mass is 174 g/mol. The molecule has 1 aliphatic carbocycles. The molecule has 2 heteroatoms. The molecule has 1 nitrogen and oxygen atoms in total. The van der Waals surface area contributed by atoms with Crippen molar-refractivity contribution in [2.75, 3.05) is 5.88 Å². The Labute approximate surface area is 73.1 Å². The lowest BCUT2D eigenvalue weighted by molar-refractivity contribution is -0.116. The number of halogens is 1. The van der Waals surface area contributed by atoms with Crippen molar-refractivity contribution in [2.45, 2.75) is 32.6 Å². The lowest BCUT2D eigenvalue weighted by Crippen LogP contribution is -2.19. The standard InChI is InChI=1S/C9H15ClO/c1-8-2-3-9(6-8,7-11)4-5-10/h7-8H,2-6H2,1H3. The van der Waals surface area contributed by atoms with Crippen molar-refractivity contribution in [1.82, 2.24) is 0 Å². The maximum absolute atomic E-state index is 10.8. The van der Waals surface area contributed by atoms with Gasteiger partial charge in [0.25, 0.3) is 0 Å². The Kier molecular flexibility index (Phi) is 2.94. The van der Waals surface area contributed by atoms with Crippen molar-refractivity contribution in [3.8, 4) is 0 Å². The third-order valence-electron chi connectivity index (χ3n) is 2.73. The van der Waals surface area contributed by atoms with E-state index in [2.05, 4.69) is 6.92 Å². The molecule has 2 atom stereocenters.